The van der Waals surface area contributed by atoms with Crippen molar-refractivity contribution in [1.82, 2.24) is 4.57 Å². The summed E-state index contributed by atoms with van der Waals surface area (Å²) in [5, 5.41) is 2.38. The zero-order chi connectivity index (χ0) is 22.2. The highest BCUT2D eigenvalue weighted by molar-refractivity contribution is 6.09. The van der Waals surface area contributed by atoms with Crippen molar-refractivity contribution in [3.05, 3.63) is 127 Å². The fourth-order valence-corrected chi connectivity index (χ4v) is 4.68. The molecule has 6 aromatic rings. The maximum Gasteiger partial charge on any atom is 0.0541 e. The number of nitrogens with zero attached hydrogens (tertiary/aromatic N) is 1. The topological polar surface area (TPSA) is 4.93 Å². The molecular weight excluding hydrogens is 398 g/mol. The van der Waals surface area contributed by atoms with Crippen LogP contribution in [0.4, 0.5) is 0 Å². The summed E-state index contributed by atoms with van der Waals surface area (Å²) in [7, 11) is 0. The number of para-hydroxylation sites is 1. The maximum absolute atomic E-state index is 5.71. The van der Waals surface area contributed by atoms with Gasteiger partial charge in [-0.15, -0.1) is 6.42 Å². The number of hydrogen-bond donors (Lipinski definition) is 0. The first-order valence-electron chi connectivity index (χ1n) is 11.1. The van der Waals surface area contributed by atoms with Gasteiger partial charge in [0.15, 0.2) is 0 Å². The minimum atomic E-state index is 0.897. The fraction of sp³-hybridized carbons (Fsp3) is 0. The van der Waals surface area contributed by atoms with Crippen LogP contribution in [0.1, 0.15) is 5.56 Å². The average Bonchev–Trinajstić information content (AvgIpc) is 3.23. The number of terminal acetylenes is 1. The van der Waals surface area contributed by atoms with E-state index in [0.29, 0.717) is 0 Å². The first-order valence-corrected chi connectivity index (χ1v) is 11.1. The van der Waals surface area contributed by atoms with Gasteiger partial charge in [0.1, 0.15) is 0 Å². The molecule has 0 amide bonds. The Morgan fingerprint density at radius 1 is 0.485 bits per heavy atom. The van der Waals surface area contributed by atoms with Crippen LogP contribution in [0.2, 0.25) is 0 Å². The van der Waals surface area contributed by atoms with Crippen LogP contribution in [-0.4, -0.2) is 4.57 Å². The molecule has 154 valence electrons. The monoisotopic (exact) mass is 419 g/mol. The van der Waals surface area contributed by atoms with Crippen LogP contribution in [0.3, 0.4) is 0 Å². The van der Waals surface area contributed by atoms with Crippen molar-refractivity contribution >= 4 is 21.8 Å². The van der Waals surface area contributed by atoms with Crippen molar-refractivity contribution in [1.29, 1.82) is 0 Å². The van der Waals surface area contributed by atoms with Crippen LogP contribution < -0.4 is 0 Å². The molecule has 0 radical (unpaired) electrons. The first kappa shape index (κ1) is 19.2. The van der Waals surface area contributed by atoms with E-state index in [9.17, 15) is 0 Å². The van der Waals surface area contributed by atoms with Crippen molar-refractivity contribution in [2.24, 2.45) is 0 Å². The lowest BCUT2D eigenvalue weighted by Gasteiger charge is -2.14. The van der Waals surface area contributed by atoms with E-state index in [1.54, 1.807) is 0 Å². The van der Waals surface area contributed by atoms with Crippen molar-refractivity contribution in [2.45, 2.75) is 0 Å². The molecule has 6 rings (SSSR count). The SMILES string of the molecule is C#Cc1ccc2c(c1)c1ccccc1n2-c1cc(-c2ccccc2)cc(-c2ccccc2)c1. The smallest absolute Gasteiger partial charge is 0.0541 e. The van der Waals surface area contributed by atoms with Gasteiger partial charge >= 0.3 is 0 Å². The van der Waals surface area contributed by atoms with Crippen LogP contribution >= 0.6 is 0 Å². The Bertz CT molecular complexity index is 1590. The van der Waals surface area contributed by atoms with Gasteiger partial charge in [0.05, 0.1) is 11.0 Å². The molecular formula is C32H21N. The van der Waals surface area contributed by atoms with Crippen LogP contribution in [0.15, 0.2) is 121 Å². The Morgan fingerprint density at radius 2 is 1.06 bits per heavy atom. The molecule has 33 heavy (non-hydrogen) atoms. The summed E-state index contributed by atoms with van der Waals surface area (Å²) >= 11 is 0. The molecule has 0 aliphatic heterocycles. The maximum atomic E-state index is 5.71. The molecule has 5 aromatic carbocycles. The van der Waals surface area contributed by atoms with Crippen molar-refractivity contribution in [3.8, 4) is 40.3 Å². The molecule has 1 nitrogen and oxygen atoms in total. The molecule has 0 saturated carbocycles. The third kappa shape index (κ3) is 3.30. The quantitative estimate of drug-likeness (QED) is 0.255. The summed E-state index contributed by atoms with van der Waals surface area (Å²) in [6, 6.07) is 42.8. The molecule has 0 N–H and O–H groups in total. The zero-order valence-electron chi connectivity index (χ0n) is 18.1. The van der Waals surface area contributed by atoms with E-state index in [1.165, 1.54) is 38.5 Å². The second kappa shape index (κ2) is 7.86. The summed E-state index contributed by atoms with van der Waals surface area (Å²) in [4.78, 5) is 0. The zero-order valence-corrected chi connectivity index (χ0v) is 18.1. The number of hydrogen-bond acceptors (Lipinski definition) is 0. The van der Waals surface area contributed by atoms with Gasteiger partial charge in [-0.25, -0.2) is 0 Å². The molecule has 1 heterocycles. The van der Waals surface area contributed by atoms with E-state index in [4.69, 9.17) is 6.42 Å². The first-order chi connectivity index (χ1) is 16.3. The third-order valence-electron chi connectivity index (χ3n) is 6.23. The molecule has 0 fully saturated rings. The normalized spacial score (nSPS) is 11.0. The summed E-state index contributed by atoms with van der Waals surface area (Å²) in [6.07, 6.45) is 5.71. The highest BCUT2D eigenvalue weighted by Crippen LogP contribution is 2.36. The predicted molar refractivity (Wildman–Crippen MR) is 140 cm³/mol. The van der Waals surface area contributed by atoms with Gasteiger partial charge in [0.2, 0.25) is 0 Å². The van der Waals surface area contributed by atoms with E-state index in [0.717, 1.165) is 16.8 Å². The van der Waals surface area contributed by atoms with Crippen LogP contribution in [0.25, 0.3) is 49.7 Å². The summed E-state index contributed by atoms with van der Waals surface area (Å²) in [5.41, 5.74) is 9.14. The summed E-state index contributed by atoms with van der Waals surface area (Å²) < 4.78 is 2.35. The van der Waals surface area contributed by atoms with Crippen LogP contribution in [-0.2, 0) is 0 Å². The molecule has 1 heteroatoms. The van der Waals surface area contributed by atoms with E-state index in [2.05, 4.69) is 126 Å². The van der Waals surface area contributed by atoms with Crippen molar-refractivity contribution in [3.63, 3.8) is 0 Å². The fourth-order valence-electron chi connectivity index (χ4n) is 4.68. The minimum Gasteiger partial charge on any atom is -0.309 e. The van der Waals surface area contributed by atoms with Crippen molar-refractivity contribution in [2.75, 3.05) is 0 Å². The standard InChI is InChI=1S/C32H21N/c1-2-23-17-18-32-30(19-23)29-15-9-10-16-31(29)33(32)28-21-26(24-11-5-3-6-12-24)20-27(22-28)25-13-7-4-8-14-25/h1,3-22H. The molecule has 0 spiro atoms. The molecule has 0 aliphatic rings. The number of rotatable bonds is 3. The lowest BCUT2D eigenvalue weighted by molar-refractivity contribution is 1.18. The number of aromatic nitrogens is 1. The van der Waals surface area contributed by atoms with Gasteiger partial charge in [-0.05, 0) is 64.7 Å². The Labute approximate surface area is 193 Å². The Kier molecular flexibility index (Phi) is 4.57. The summed E-state index contributed by atoms with van der Waals surface area (Å²) in [6.45, 7) is 0. The van der Waals surface area contributed by atoms with E-state index >= 15 is 0 Å². The molecule has 0 unspecified atom stereocenters. The van der Waals surface area contributed by atoms with Crippen LogP contribution in [0.5, 0.6) is 0 Å². The Morgan fingerprint density at radius 3 is 1.70 bits per heavy atom. The van der Waals surface area contributed by atoms with Gasteiger partial charge in [0.25, 0.3) is 0 Å². The Hall–Kier alpha value is -4.54. The van der Waals surface area contributed by atoms with Gasteiger partial charge < -0.3 is 4.57 Å². The predicted octanol–water partition coefficient (Wildman–Crippen LogP) is 8.10. The van der Waals surface area contributed by atoms with E-state index in [-0.39, 0.29) is 0 Å². The second-order valence-electron chi connectivity index (χ2n) is 8.23. The molecule has 0 aliphatic carbocycles. The lowest BCUT2D eigenvalue weighted by Crippen LogP contribution is -1.96. The number of benzene rings is 5. The molecule has 0 saturated heterocycles. The van der Waals surface area contributed by atoms with E-state index in [1.807, 2.05) is 6.07 Å². The average molecular weight is 420 g/mol. The molecule has 1 aromatic heterocycles. The van der Waals surface area contributed by atoms with Gasteiger partial charge in [-0.3, -0.25) is 0 Å². The third-order valence-corrected chi connectivity index (χ3v) is 6.23. The van der Waals surface area contributed by atoms with Gasteiger partial charge in [-0.1, -0.05) is 84.8 Å². The van der Waals surface area contributed by atoms with Crippen LogP contribution in [0, 0.1) is 12.3 Å². The summed E-state index contributed by atoms with van der Waals surface area (Å²) in [5.74, 6) is 2.78. The largest absolute Gasteiger partial charge is 0.309 e. The Balaban J connectivity index is 1.69. The number of fused-ring (bicyclic) bond motifs is 3. The van der Waals surface area contributed by atoms with Gasteiger partial charge in [-0.2, -0.15) is 0 Å². The molecule has 0 bridgehead atoms. The van der Waals surface area contributed by atoms with E-state index < -0.39 is 0 Å². The highest BCUT2D eigenvalue weighted by Gasteiger charge is 2.14. The minimum absolute atomic E-state index is 0.897. The second-order valence-corrected chi connectivity index (χ2v) is 8.23. The molecule has 0 atom stereocenters. The van der Waals surface area contributed by atoms with Gasteiger partial charge in [0, 0.05) is 22.0 Å². The lowest BCUT2D eigenvalue weighted by atomic mass is 9.98. The van der Waals surface area contributed by atoms with Crippen molar-refractivity contribution < 1.29 is 0 Å². The highest BCUT2D eigenvalue weighted by atomic mass is 15.0.